The van der Waals surface area contributed by atoms with E-state index in [-0.39, 0.29) is 6.10 Å². The first-order chi connectivity index (χ1) is 10.2. The summed E-state index contributed by atoms with van der Waals surface area (Å²) in [4.78, 5) is 0. The number of aryl methyl sites for hydroxylation is 1. The van der Waals surface area contributed by atoms with Crippen molar-refractivity contribution in [2.24, 2.45) is 7.05 Å². The molecule has 1 saturated carbocycles. The van der Waals surface area contributed by atoms with E-state index in [1.54, 1.807) is 0 Å². The number of nitrogens with one attached hydrogen (secondary N) is 1. The van der Waals surface area contributed by atoms with Crippen molar-refractivity contribution in [3.8, 4) is 11.3 Å². The Labute approximate surface area is 125 Å². The third kappa shape index (κ3) is 3.52. The normalized spacial score (nSPS) is 22.4. The fraction of sp³-hybridized carbons (Fsp3) is 0.471. The minimum absolute atomic E-state index is 0.0960. The lowest BCUT2D eigenvalue weighted by atomic mass is 9.93. The summed E-state index contributed by atoms with van der Waals surface area (Å²) in [7, 11) is 1.97. The highest BCUT2D eigenvalue weighted by Crippen LogP contribution is 2.23. The summed E-state index contributed by atoms with van der Waals surface area (Å²) in [6, 6.07) is 10.8. The topological polar surface area (TPSA) is 50.1 Å². The van der Waals surface area contributed by atoms with Gasteiger partial charge in [0, 0.05) is 37.0 Å². The third-order valence-corrected chi connectivity index (χ3v) is 4.23. The highest BCUT2D eigenvalue weighted by atomic mass is 16.3. The highest BCUT2D eigenvalue weighted by molar-refractivity contribution is 5.62. The maximum Gasteiger partial charge on any atom is 0.0967 e. The number of hydrogen-bond donors (Lipinski definition) is 2. The first-order valence-electron chi connectivity index (χ1n) is 7.72. The van der Waals surface area contributed by atoms with E-state index in [9.17, 15) is 5.11 Å². The number of aromatic nitrogens is 2. The maximum absolute atomic E-state index is 9.57. The predicted molar refractivity (Wildman–Crippen MR) is 83.7 cm³/mol. The van der Waals surface area contributed by atoms with Crippen LogP contribution in [0.2, 0.25) is 0 Å². The molecule has 21 heavy (non-hydrogen) atoms. The Morgan fingerprint density at radius 2 is 1.90 bits per heavy atom. The molecule has 1 aliphatic carbocycles. The van der Waals surface area contributed by atoms with Gasteiger partial charge in [0.25, 0.3) is 0 Å². The summed E-state index contributed by atoms with van der Waals surface area (Å²) in [6.45, 7) is 0.832. The zero-order valence-electron chi connectivity index (χ0n) is 12.5. The molecule has 0 atom stereocenters. The molecule has 0 bridgehead atoms. The summed E-state index contributed by atoms with van der Waals surface area (Å²) in [5.41, 5.74) is 3.45. The third-order valence-electron chi connectivity index (χ3n) is 4.23. The molecule has 1 aromatic heterocycles. The fourth-order valence-electron chi connectivity index (χ4n) is 3.04. The van der Waals surface area contributed by atoms with Gasteiger partial charge in [0.1, 0.15) is 0 Å². The molecule has 1 aliphatic rings. The number of benzene rings is 1. The highest BCUT2D eigenvalue weighted by Gasteiger charge is 2.19. The van der Waals surface area contributed by atoms with Crippen LogP contribution < -0.4 is 5.32 Å². The standard InChI is InChI=1S/C17H23N3O/c1-20-12-14(11-18-15-7-9-16(21)10-8-15)17(19-20)13-5-3-2-4-6-13/h2-6,12,15-16,18,21H,7-11H2,1H3. The average Bonchev–Trinajstić information content (AvgIpc) is 2.89. The Morgan fingerprint density at radius 1 is 1.19 bits per heavy atom. The van der Waals surface area contributed by atoms with Crippen molar-refractivity contribution in [1.29, 1.82) is 0 Å². The number of aliphatic hydroxyl groups is 1. The van der Waals surface area contributed by atoms with E-state index < -0.39 is 0 Å². The molecule has 1 heterocycles. The summed E-state index contributed by atoms with van der Waals surface area (Å²) < 4.78 is 1.88. The molecule has 4 nitrogen and oxygen atoms in total. The first kappa shape index (κ1) is 14.3. The van der Waals surface area contributed by atoms with Crippen LogP contribution in [0, 0.1) is 0 Å². The SMILES string of the molecule is Cn1cc(CNC2CCC(O)CC2)c(-c2ccccc2)n1. The van der Waals surface area contributed by atoms with Crippen molar-refractivity contribution in [2.45, 2.75) is 44.4 Å². The summed E-state index contributed by atoms with van der Waals surface area (Å²) >= 11 is 0. The largest absolute Gasteiger partial charge is 0.393 e. The molecule has 0 unspecified atom stereocenters. The second-order valence-electron chi connectivity index (χ2n) is 5.93. The summed E-state index contributed by atoms with van der Waals surface area (Å²) in [6.07, 6.45) is 5.94. The summed E-state index contributed by atoms with van der Waals surface area (Å²) in [5.74, 6) is 0. The van der Waals surface area contributed by atoms with Crippen LogP contribution in [-0.2, 0) is 13.6 Å². The number of hydrogen-bond acceptors (Lipinski definition) is 3. The molecule has 1 aromatic carbocycles. The second kappa shape index (κ2) is 6.41. The Kier molecular flexibility index (Phi) is 4.36. The van der Waals surface area contributed by atoms with Crippen LogP contribution in [0.5, 0.6) is 0 Å². The zero-order valence-corrected chi connectivity index (χ0v) is 12.5. The van der Waals surface area contributed by atoms with E-state index in [1.807, 2.05) is 29.9 Å². The molecular weight excluding hydrogens is 262 g/mol. The van der Waals surface area contributed by atoms with Gasteiger partial charge < -0.3 is 10.4 Å². The monoisotopic (exact) mass is 285 g/mol. The first-order valence-corrected chi connectivity index (χ1v) is 7.72. The molecule has 0 amide bonds. The van der Waals surface area contributed by atoms with Gasteiger partial charge in [-0.05, 0) is 25.7 Å². The van der Waals surface area contributed by atoms with E-state index in [0.717, 1.165) is 43.5 Å². The van der Waals surface area contributed by atoms with Crippen LogP contribution in [0.15, 0.2) is 36.5 Å². The zero-order chi connectivity index (χ0) is 14.7. The van der Waals surface area contributed by atoms with Crippen LogP contribution in [0.25, 0.3) is 11.3 Å². The minimum Gasteiger partial charge on any atom is -0.393 e. The lowest BCUT2D eigenvalue weighted by molar-refractivity contribution is 0.116. The molecule has 1 fully saturated rings. The molecule has 0 saturated heterocycles. The van der Waals surface area contributed by atoms with E-state index in [2.05, 4.69) is 28.7 Å². The Balaban J connectivity index is 1.68. The maximum atomic E-state index is 9.57. The molecule has 4 heteroatoms. The molecule has 2 aromatic rings. The van der Waals surface area contributed by atoms with Crippen LogP contribution in [0.3, 0.4) is 0 Å². The molecule has 2 N–H and O–H groups in total. The minimum atomic E-state index is -0.0960. The quantitative estimate of drug-likeness (QED) is 0.907. The van der Waals surface area contributed by atoms with E-state index in [0.29, 0.717) is 6.04 Å². The molecule has 112 valence electrons. The summed E-state index contributed by atoms with van der Waals surface area (Å²) in [5, 5.41) is 17.8. The van der Waals surface area contributed by atoms with Crippen molar-refractivity contribution in [1.82, 2.24) is 15.1 Å². The van der Waals surface area contributed by atoms with Crippen molar-refractivity contribution in [3.63, 3.8) is 0 Å². The fourth-order valence-corrected chi connectivity index (χ4v) is 3.04. The average molecular weight is 285 g/mol. The van der Waals surface area contributed by atoms with Crippen molar-refractivity contribution in [3.05, 3.63) is 42.1 Å². The van der Waals surface area contributed by atoms with Gasteiger partial charge in [0.15, 0.2) is 0 Å². The molecule has 0 spiro atoms. The van der Waals surface area contributed by atoms with Gasteiger partial charge in [0.05, 0.1) is 11.8 Å². The van der Waals surface area contributed by atoms with E-state index >= 15 is 0 Å². The van der Waals surface area contributed by atoms with E-state index in [4.69, 9.17) is 0 Å². The Morgan fingerprint density at radius 3 is 2.62 bits per heavy atom. The van der Waals surface area contributed by atoms with Gasteiger partial charge >= 0.3 is 0 Å². The molecule has 0 radical (unpaired) electrons. The number of rotatable bonds is 4. The van der Waals surface area contributed by atoms with Gasteiger partial charge in [-0.2, -0.15) is 5.10 Å². The Hall–Kier alpha value is -1.65. The number of aliphatic hydroxyl groups excluding tert-OH is 1. The van der Waals surface area contributed by atoms with Crippen LogP contribution in [0.4, 0.5) is 0 Å². The van der Waals surface area contributed by atoms with Gasteiger partial charge in [-0.15, -0.1) is 0 Å². The lowest BCUT2D eigenvalue weighted by Gasteiger charge is -2.26. The Bertz CT molecular complexity index is 571. The van der Waals surface area contributed by atoms with Crippen molar-refractivity contribution < 1.29 is 5.11 Å². The smallest absolute Gasteiger partial charge is 0.0967 e. The van der Waals surface area contributed by atoms with Crippen LogP contribution >= 0.6 is 0 Å². The number of nitrogens with zero attached hydrogens (tertiary/aromatic N) is 2. The van der Waals surface area contributed by atoms with E-state index in [1.165, 1.54) is 5.56 Å². The van der Waals surface area contributed by atoms with Gasteiger partial charge in [0.2, 0.25) is 0 Å². The lowest BCUT2D eigenvalue weighted by Crippen LogP contribution is -2.34. The van der Waals surface area contributed by atoms with Gasteiger partial charge in [-0.1, -0.05) is 30.3 Å². The molecule has 3 rings (SSSR count). The van der Waals surface area contributed by atoms with Crippen molar-refractivity contribution in [2.75, 3.05) is 0 Å². The van der Waals surface area contributed by atoms with Crippen molar-refractivity contribution >= 4 is 0 Å². The van der Waals surface area contributed by atoms with Crippen LogP contribution in [0.1, 0.15) is 31.2 Å². The molecule has 0 aliphatic heterocycles. The van der Waals surface area contributed by atoms with Crippen LogP contribution in [-0.4, -0.2) is 27.0 Å². The molecular formula is C17H23N3O. The second-order valence-corrected chi connectivity index (χ2v) is 5.93. The van der Waals surface area contributed by atoms with Gasteiger partial charge in [-0.3, -0.25) is 4.68 Å². The predicted octanol–water partition coefficient (Wildman–Crippen LogP) is 2.48. The van der Waals surface area contributed by atoms with Gasteiger partial charge in [-0.25, -0.2) is 0 Å².